The van der Waals surface area contributed by atoms with Crippen molar-refractivity contribution in [3.63, 3.8) is 0 Å². The number of pyridine rings is 1. The molecule has 8 nitrogen and oxygen atoms in total. The van der Waals surface area contributed by atoms with E-state index in [1.807, 2.05) is 28.9 Å². The van der Waals surface area contributed by atoms with Gasteiger partial charge in [0, 0.05) is 58.9 Å². The van der Waals surface area contributed by atoms with E-state index in [0.29, 0.717) is 18.0 Å². The number of carbonyl (C=O) groups is 2. The number of fused-ring (bicyclic) bond motifs is 1. The molecule has 0 aromatic carbocycles. The minimum atomic E-state index is -0.0451. The Morgan fingerprint density at radius 3 is 2.68 bits per heavy atom. The van der Waals surface area contributed by atoms with Crippen molar-refractivity contribution in [2.45, 2.75) is 63.6 Å². The predicted octanol–water partition coefficient (Wildman–Crippen LogP) is 3.30. The fourth-order valence-electron chi connectivity index (χ4n) is 5.44. The highest BCUT2D eigenvalue weighted by atomic mass is 16.5. The summed E-state index contributed by atoms with van der Waals surface area (Å²) in [6, 6.07) is 3.66. The van der Waals surface area contributed by atoms with Crippen molar-refractivity contribution in [2.75, 3.05) is 33.9 Å². The third-order valence-electron chi connectivity index (χ3n) is 7.60. The van der Waals surface area contributed by atoms with Crippen molar-refractivity contribution in [1.82, 2.24) is 19.6 Å². The molecule has 8 heteroatoms. The van der Waals surface area contributed by atoms with Gasteiger partial charge in [0.25, 0.3) is 5.91 Å². The molecule has 0 bridgehead atoms. The molecular weight excluding hydrogens is 432 g/mol. The van der Waals surface area contributed by atoms with Gasteiger partial charge in [0.1, 0.15) is 5.65 Å². The van der Waals surface area contributed by atoms with E-state index in [0.717, 1.165) is 70.1 Å². The van der Waals surface area contributed by atoms with Crippen LogP contribution in [0, 0.1) is 11.8 Å². The molecule has 3 heterocycles. The van der Waals surface area contributed by atoms with Gasteiger partial charge in [-0.05, 0) is 50.2 Å². The zero-order chi connectivity index (χ0) is 23.9. The first kappa shape index (κ1) is 24.7. The first-order chi connectivity index (χ1) is 16.6. The van der Waals surface area contributed by atoms with Crippen molar-refractivity contribution in [3.05, 3.63) is 36.3 Å². The largest absolute Gasteiger partial charge is 0.381 e. The summed E-state index contributed by atoms with van der Waals surface area (Å²) in [6.07, 6.45) is 13.4. The summed E-state index contributed by atoms with van der Waals surface area (Å²) in [5, 5.41) is 3.02. The van der Waals surface area contributed by atoms with Crippen LogP contribution in [-0.4, -0.2) is 72.2 Å². The van der Waals surface area contributed by atoms with E-state index in [2.05, 4.69) is 15.2 Å². The maximum Gasteiger partial charge on any atom is 0.252 e. The van der Waals surface area contributed by atoms with Crippen molar-refractivity contribution in [3.8, 4) is 0 Å². The molecule has 2 aliphatic rings. The Labute approximate surface area is 202 Å². The number of imidazole rings is 1. The highest BCUT2D eigenvalue weighted by molar-refractivity contribution is 5.94. The molecule has 0 radical (unpaired) electrons. The van der Waals surface area contributed by atoms with E-state index >= 15 is 0 Å². The molecule has 3 atom stereocenters. The van der Waals surface area contributed by atoms with Crippen LogP contribution >= 0.6 is 0 Å². The Balaban J connectivity index is 1.12. The lowest BCUT2D eigenvalue weighted by atomic mass is 9.82. The molecule has 2 aromatic heterocycles. The van der Waals surface area contributed by atoms with E-state index in [1.54, 1.807) is 20.4 Å². The Morgan fingerprint density at radius 2 is 1.91 bits per heavy atom. The number of methoxy groups -OCH3 is 2. The number of nitrogens with zero attached hydrogens (tertiary/aromatic N) is 3. The Kier molecular flexibility index (Phi) is 8.56. The number of hydrogen-bond donors (Lipinski definition) is 1. The second kappa shape index (κ2) is 11.8. The number of aromatic nitrogens is 2. The summed E-state index contributed by atoms with van der Waals surface area (Å²) in [5.41, 5.74) is 1.48. The number of unbranched alkanes of at least 4 members (excludes halogenated alkanes) is 1. The molecular formula is C26H38N4O4. The number of piperidine rings is 1. The van der Waals surface area contributed by atoms with E-state index in [-0.39, 0.29) is 29.9 Å². The molecule has 4 rings (SSSR count). The van der Waals surface area contributed by atoms with E-state index in [4.69, 9.17) is 9.47 Å². The topological polar surface area (TPSA) is 85.2 Å². The molecule has 2 fully saturated rings. The summed E-state index contributed by atoms with van der Waals surface area (Å²) in [4.78, 5) is 31.8. The average Bonchev–Trinajstić information content (AvgIpc) is 3.36. The number of rotatable bonds is 9. The zero-order valence-electron chi connectivity index (χ0n) is 20.4. The van der Waals surface area contributed by atoms with Crippen LogP contribution in [0.15, 0.2) is 30.7 Å². The number of amides is 2. The van der Waals surface area contributed by atoms with Gasteiger partial charge in [-0.3, -0.25) is 9.59 Å². The highest BCUT2D eigenvalue weighted by Gasteiger charge is 2.38. The lowest BCUT2D eigenvalue weighted by Gasteiger charge is -2.39. The normalized spacial score (nSPS) is 23.8. The Hall–Kier alpha value is -2.45. The van der Waals surface area contributed by atoms with Crippen LogP contribution < -0.4 is 5.32 Å². The van der Waals surface area contributed by atoms with E-state index in [1.165, 1.54) is 0 Å². The smallest absolute Gasteiger partial charge is 0.252 e. The number of ether oxygens (including phenoxy) is 2. The van der Waals surface area contributed by atoms with Gasteiger partial charge in [-0.15, -0.1) is 0 Å². The lowest BCUT2D eigenvalue weighted by molar-refractivity contribution is -0.146. The van der Waals surface area contributed by atoms with Gasteiger partial charge in [0.05, 0.1) is 23.7 Å². The third-order valence-corrected chi connectivity index (χ3v) is 7.60. The molecule has 34 heavy (non-hydrogen) atoms. The van der Waals surface area contributed by atoms with Gasteiger partial charge in [-0.2, -0.15) is 0 Å². The minimum absolute atomic E-state index is 0.0361. The zero-order valence-corrected chi connectivity index (χ0v) is 20.4. The fraction of sp³-hybridized carbons (Fsp3) is 0.654. The molecule has 3 unspecified atom stereocenters. The molecule has 1 saturated carbocycles. The summed E-state index contributed by atoms with van der Waals surface area (Å²) in [5.74, 6) is 0.838. The van der Waals surface area contributed by atoms with E-state index in [9.17, 15) is 9.59 Å². The van der Waals surface area contributed by atoms with Crippen molar-refractivity contribution in [2.24, 2.45) is 11.8 Å². The summed E-state index contributed by atoms with van der Waals surface area (Å²) < 4.78 is 13.0. The van der Waals surface area contributed by atoms with Gasteiger partial charge in [0.15, 0.2) is 0 Å². The molecule has 1 aliphatic carbocycles. The fourth-order valence-corrected chi connectivity index (χ4v) is 5.44. The molecule has 2 amide bonds. The van der Waals surface area contributed by atoms with Crippen molar-refractivity contribution < 1.29 is 19.1 Å². The first-order valence-electron chi connectivity index (χ1n) is 12.6. The second-order valence-corrected chi connectivity index (χ2v) is 9.68. The van der Waals surface area contributed by atoms with Crippen LogP contribution in [0.2, 0.25) is 0 Å². The number of nitrogens with one attached hydrogen (secondary N) is 1. The number of carbonyl (C=O) groups excluding carboxylic acids is 2. The average molecular weight is 471 g/mol. The summed E-state index contributed by atoms with van der Waals surface area (Å²) >= 11 is 0. The van der Waals surface area contributed by atoms with Crippen LogP contribution in [0.1, 0.15) is 61.7 Å². The quantitative estimate of drug-likeness (QED) is 0.569. The molecule has 1 N–H and O–H groups in total. The molecule has 1 aliphatic heterocycles. The third kappa shape index (κ3) is 5.96. The molecule has 2 aromatic rings. The van der Waals surface area contributed by atoms with Crippen LogP contribution in [0.4, 0.5) is 0 Å². The van der Waals surface area contributed by atoms with Crippen molar-refractivity contribution in [1.29, 1.82) is 0 Å². The maximum absolute atomic E-state index is 13.1. The van der Waals surface area contributed by atoms with Crippen LogP contribution in [0.25, 0.3) is 5.65 Å². The van der Waals surface area contributed by atoms with Crippen molar-refractivity contribution >= 4 is 17.5 Å². The monoisotopic (exact) mass is 470 g/mol. The van der Waals surface area contributed by atoms with Gasteiger partial charge >= 0.3 is 0 Å². The van der Waals surface area contributed by atoms with Gasteiger partial charge in [-0.25, -0.2) is 4.98 Å². The van der Waals surface area contributed by atoms with Crippen LogP contribution in [0.5, 0.6) is 0 Å². The predicted molar refractivity (Wildman–Crippen MR) is 130 cm³/mol. The molecule has 0 spiro atoms. The van der Waals surface area contributed by atoms with Crippen LogP contribution in [-0.2, 0) is 14.3 Å². The van der Waals surface area contributed by atoms with Gasteiger partial charge < -0.3 is 24.1 Å². The minimum Gasteiger partial charge on any atom is -0.381 e. The number of hydrogen-bond acceptors (Lipinski definition) is 5. The van der Waals surface area contributed by atoms with E-state index < -0.39 is 0 Å². The number of likely N-dealkylation sites (tertiary alicyclic amines) is 1. The second-order valence-electron chi connectivity index (χ2n) is 9.68. The standard InChI is InChI=1S/C26H38N4O4/c1-33-21-7-8-22(23(17-21)34-2)26(32)29-14-10-19(11-15-29)5-3-4-12-28-25(31)20-6-9-24-27-13-16-30(24)18-20/h6,9,13,16,18-19,21-23H,3-5,7-8,10-12,14-15,17H2,1-2H3,(H,28,31). The summed E-state index contributed by atoms with van der Waals surface area (Å²) in [7, 11) is 3.44. The Bertz CT molecular complexity index is 953. The SMILES string of the molecule is COC1CCC(C(=O)N2CCC(CCCCNC(=O)c3ccc4nccn4c3)CC2)C(OC)C1. The maximum atomic E-state index is 13.1. The van der Waals surface area contributed by atoms with Gasteiger partial charge in [0.2, 0.25) is 5.91 Å². The lowest BCUT2D eigenvalue weighted by Crippen LogP contribution is -2.48. The first-order valence-corrected chi connectivity index (χ1v) is 12.6. The molecule has 1 saturated heterocycles. The Morgan fingerprint density at radius 1 is 1.09 bits per heavy atom. The van der Waals surface area contributed by atoms with Crippen LogP contribution in [0.3, 0.4) is 0 Å². The molecule has 186 valence electrons. The summed E-state index contributed by atoms with van der Waals surface area (Å²) in [6.45, 7) is 2.37. The highest BCUT2D eigenvalue weighted by Crippen LogP contribution is 2.31. The van der Waals surface area contributed by atoms with Gasteiger partial charge in [-0.1, -0.05) is 12.8 Å².